The number of hydrogen-bond acceptors (Lipinski definition) is 6. The van der Waals surface area contributed by atoms with Crippen LogP contribution in [0.5, 0.6) is 5.88 Å². The summed E-state index contributed by atoms with van der Waals surface area (Å²) >= 11 is 4.26. The Morgan fingerprint density at radius 3 is 2.88 bits per heavy atom. The van der Waals surface area contributed by atoms with Crippen LogP contribution < -0.4 is 4.74 Å². The molecule has 0 N–H and O–H groups in total. The predicted molar refractivity (Wildman–Crippen MR) is 91.5 cm³/mol. The van der Waals surface area contributed by atoms with Crippen molar-refractivity contribution in [2.24, 2.45) is 0 Å². The number of carbonyl (C=O) groups is 1. The van der Waals surface area contributed by atoms with E-state index in [4.69, 9.17) is 9.47 Å². The average Bonchev–Trinajstić information content (AvgIpc) is 3.16. The first-order valence-corrected chi connectivity index (χ1v) is 8.90. The van der Waals surface area contributed by atoms with Gasteiger partial charge in [0, 0.05) is 11.8 Å². The van der Waals surface area contributed by atoms with Crippen molar-refractivity contribution in [1.29, 1.82) is 0 Å². The lowest BCUT2D eigenvalue weighted by Gasteiger charge is -2.07. The summed E-state index contributed by atoms with van der Waals surface area (Å²) in [5, 5.41) is 4.45. The summed E-state index contributed by atoms with van der Waals surface area (Å²) in [6.07, 6.45) is -1.25. The topological polar surface area (TPSA) is 65.7 Å². The maximum Gasteiger partial charge on any atom is 0.422 e. The Labute approximate surface area is 157 Å². The molecule has 0 aromatic carbocycles. The zero-order valence-electron chi connectivity index (χ0n) is 13.2. The van der Waals surface area contributed by atoms with E-state index in [1.165, 1.54) is 0 Å². The third kappa shape index (κ3) is 3.98. The maximum absolute atomic E-state index is 12.5. The third-order valence-electron chi connectivity index (χ3n) is 3.15. The van der Waals surface area contributed by atoms with Crippen molar-refractivity contribution in [3.8, 4) is 16.5 Å². The SMILES string of the molecule is CCOC(=O)c1sc(-c2ccn3ncc(Br)c3c2)nc1OCC(F)(F)F. The van der Waals surface area contributed by atoms with Crippen molar-refractivity contribution in [1.82, 2.24) is 14.6 Å². The molecular formula is C15H11BrF3N3O3S. The van der Waals surface area contributed by atoms with Crippen molar-refractivity contribution < 1.29 is 27.4 Å². The highest BCUT2D eigenvalue weighted by molar-refractivity contribution is 9.10. The van der Waals surface area contributed by atoms with E-state index in [2.05, 4.69) is 26.0 Å². The second kappa shape index (κ2) is 7.23. The predicted octanol–water partition coefficient (Wildman–Crippen LogP) is 4.34. The molecule has 0 bridgehead atoms. The second-order valence-corrected chi connectivity index (χ2v) is 6.87. The van der Waals surface area contributed by atoms with E-state index in [1.54, 1.807) is 36.0 Å². The summed E-state index contributed by atoms with van der Waals surface area (Å²) in [6, 6.07) is 3.44. The van der Waals surface area contributed by atoms with Gasteiger partial charge in [-0.15, -0.1) is 11.3 Å². The summed E-state index contributed by atoms with van der Waals surface area (Å²) in [4.78, 5) is 16.0. The number of pyridine rings is 1. The molecule has 3 heterocycles. The fraction of sp³-hybridized carbons (Fsp3) is 0.267. The molecule has 6 nitrogen and oxygen atoms in total. The van der Waals surface area contributed by atoms with E-state index in [1.807, 2.05) is 0 Å². The van der Waals surface area contributed by atoms with Gasteiger partial charge in [-0.25, -0.2) is 14.3 Å². The van der Waals surface area contributed by atoms with Gasteiger partial charge in [0.15, 0.2) is 11.5 Å². The van der Waals surface area contributed by atoms with Crippen LogP contribution in [-0.4, -0.2) is 40.0 Å². The molecular weight excluding hydrogens is 439 g/mol. The third-order valence-corrected chi connectivity index (χ3v) is 4.83. The number of thiazole rings is 1. The van der Waals surface area contributed by atoms with Gasteiger partial charge in [-0.3, -0.25) is 0 Å². The normalized spacial score (nSPS) is 11.7. The summed E-state index contributed by atoms with van der Waals surface area (Å²) in [5.41, 5.74) is 1.35. The summed E-state index contributed by atoms with van der Waals surface area (Å²) in [6.45, 7) is 0.135. The van der Waals surface area contributed by atoms with Gasteiger partial charge in [-0.05, 0) is 35.0 Å². The number of nitrogens with zero attached hydrogens (tertiary/aromatic N) is 3. The molecule has 0 saturated heterocycles. The zero-order valence-corrected chi connectivity index (χ0v) is 15.6. The van der Waals surface area contributed by atoms with Gasteiger partial charge in [0.2, 0.25) is 5.88 Å². The van der Waals surface area contributed by atoms with Crippen LogP contribution in [0.4, 0.5) is 13.2 Å². The van der Waals surface area contributed by atoms with E-state index >= 15 is 0 Å². The molecule has 138 valence electrons. The Bertz CT molecular complexity index is 955. The number of halogens is 4. The van der Waals surface area contributed by atoms with Crippen molar-refractivity contribution in [2.75, 3.05) is 13.2 Å². The van der Waals surface area contributed by atoms with Gasteiger partial charge in [0.25, 0.3) is 0 Å². The molecule has 0 fully saturated rings. The molecule has 3 rings (SSSR count). The average molecular weight is 450 g/mol. The second-order valence-electron chi connectivity index (χ2n) is 5.02. The molecule has 0 unspecified atom stereocenters. The van der Waals surface area contributed by atoms with Crippen LogP contribution >= 0.6 is 27.3 Å². The lowest BCUT2D eigenvalue weighted by Crippen LogP contribution is -2.20. The summed E-state index contributed by atoms with van der Waals surface area (Å²) in [5.74, 6) is -1.17. The van der Waals surface area contributed by atoms with Crippen molar-refractivity contribution in [3.05, 3.63) is 33.9 Å². The highest BCUT2D eigenvalue weighted by Gasteiger charge is 2.31. The fourth-order valence-electron chi connectivity index (χ4n) is 2.09. The highest BCUT2D eigenvalue weighted by atomic mass is 79.9. The van der Waals surface area contributed by atoms with Crippen LogP contribution in [0.3, 0.4) is 0 Å². The number of fused-ring (bicyclic) bond motifs is 1. The van der Waals surface area contributed by atoms with E-state index < -0.39 is 24.6 Å². The number of carbonyl (C=O) groups excluding carboxylic acids is 1. The first-order valence-electron chi connectivity index (χ1n) is 7.29. The van der Waals surface area contributed by atoms with Crippen LogP contribution in [0.15, 0.2) is 29.0 Å². The molecule has 0 aliphatic carbocycles. The minimum absolute atomic E-state index is 0.0828. The molecule has 0 atom stereocenters. The van der Waals surface area contributed by atoms with Gasteiger partial charge < -0.3 is 9.47 Å². The van der Waals surface area contributed by atoms with E-state index in [-0.39, 0.29) is 11.5 Å². The molecule has 0 radical (unpaired) electrons. The van der Waals surface area contributed by atoms with Crippen LogP contribution in [0.1, 0.15) is 16.6 Å². The number of aromatic nitrogens is 3. The molecule has 3 aromatic rings. The molecule has 26 heavy (non-hydrogen) atoms. The molecule has 11 heteroatoms. The van der Waals surface area contributed by atoms with Gasteiger partial charge in [-0.1, -0.05) is 0 Å². The van der Waals surface area contributed by atoms with Gasteiger partial charge in [0.05, 0.1) is 22.8 Å². The van der Waals surface area contributed by atoms with Gasteiger partial charge in [0.1, 0.15) is 5.01 Å². The van der Waals surface area contributed by atoms with Crippen LogP contribution in [0.2, 0.25) is 0 Å². The van der Waals surface area contributed by atoms with Crippen molar-refractivity contribution >= 4 is 38.8 Å². The first-order chi connectivity index (χ1) is 12.3. The quantitative estimate of drug-likeness (QED) is 0.542. The molecule has 0 amide bonds. The molecule has 0 aliphatic heterocycles. The molecule has 0 spiro atoms. The van der Waals surface area contributed by atoms with Crippen molar-refractivity contribution in [3.63, 3.8) is 0 Å². The van der Waals surface area contributed by atoms with E-state index in [0.717, 1.165) is 21.3 Å². The molecule has 3 aromatic heterocycles. The largest absolute Gasteiger partial charge is 0.467 e. The van der Waals surface area contributed by atoms with Gasteiger partial charge >= 0.3 is 12.1 Å². The highest BCUT2D eigenvalue weighted by Crippen LogP contribution is 2.35. The number of rotatable bonds is 5. The van der Waals surface area contributed by atoms with Crippen LogP contribution in [0, 0.1) is 0 Å². The Balaban J connectivity index is 2.00. The summed E-state index contributed by atoms with van der Waals surface area (Å²) in [7, 11) is 0. The fourth-order valence-corrected chi connectivity index (χ4v) is 3.38. The first kappa shape index (κ1) is 18.6. The lowest BCUT2D eigenvalue weighted by atomic mass is 10.2. The van der Waals surface area contributed by atoms with Gasteiger partial charge in [-0.2, -0.15) is 18.3 Å². The zero-order chi connectivity index (χ0) is 18.9. The number of esters is 1. The smallest absolute Gasteiger partial charge is 0.422 e. The molecule has 0 aliphatic rings. The summed E-state index contributed by atoms with van der Waals surface area (Å²) < 4.78 is 49.3. The minimum Gasteiger partial charge on any atom is -0.467 e. The van der Waals surface area contributed by atoms with E-state index in [9.17, 15) is 18.0 Å². The minimum atomic E-state index is -4.54. The van der Waals surface area contributed by atoms with E-state index in [0.29, 0.717) is 10.6 Å². The van der Waals surface area contributed by atoms with Crippen molar-refractivity contribution in [2.45, 2.75) is 13.1 Å². The number of ether oxygens (including phenoxy) is 2. The number of alkyl halides is 3. The molecule has 0 saturated carbocycles. The Kier molecular flexibility index (Phi) is 5.19. The standard InChI is InChI=1S/C15H11BrF3N3O3S/c1-2-24-14(23)11-12(25-7-15(17,18)19)21-13(26-11)8-3-4-22-10(5-8)9(16)6-20-22/h3-6H,2,7H2,1H3. The Morgan fingerprint density at radius 2 is 2.19 bits per heavy atom. The van der Waals surface area contributed by atoms with Crippen LogP contribution in [0.25, 0.3) is 16.1 Å². The lowest BCUT2D eigenvalue weighted by molar-refractivity contribution is -0.154. The monoisotopic (exact) mass is 449 g/mol. The van der Waals surface area contributed by atoms with Crippen LogP contribution in [-0.2, 0) is 4.74 Å². The Hall–Kier alpha value is -2.14. The Morgan fingerprint density at radius 1 is 1.42 bits per heavy atom. The number of hydrogen-bond donors (Lipinski definition) is 0. The maximum atomic E-state index is 12.5.